The van der Waals surface area contributed by atoms with E-state index in [9.17, 15) is 4.79 Å². The van der Waals surface area contributed by atoms with Crippen molar-refractivity contribution in [1.82, 2.24) is 5.32 Å². The second-order valence-electron chi connectivity index (χ2n) is 5.02. The molecule has 1 aromatic carbocycles. The fourth-order valence-corrected chi connectivity index (χ4v) is 2.33. The SMILES string of the molecule is C[C@@H](NC(=O)c1ccc2c(c1)CCO2)C1CC1. The summed E-state index contributed by atoms with van der Waals surface area (Å²) in [5.41, 5.74) is 1.90. The molecule has 1 aromatic rings. The first-order valence-electron chi connectivity index (χ1n) is 6.30. The fourth-order valence-electron chi connectivity index (χ4n) is 2.33. The first kappa shape index (κ1) is 10.6. The highest BCUT2D eigenvalue weighted by Crippen LogP contribution is 2.32. The third-order valence-corrected chi connectivity index (χ3v) is 3.64. The minimum Gasteiger partial charge on any atom is -0.493 e. The van der Waals surface area contributed by atoms with Gasteiger partial charge in [0.2, 0.25) is 0 Å². The van der Waals surface area contributed by atoms with Gasteiger partial charge in [0.15, 0.2) is 0 Å². The van der Waals surface area contributed by atoms with Crippen molar-refractivity contribution in [3.63, 3.8) is 0 Å². The second kappa shape index (κ2) is 4.06. The molecule has 0 spiro atoms. The van der Waals surface area contributed by atoms with Gasteiger partial charge in [-0.2, -0.15) is 0 Å². The van der Waals surface area contributed by atoms with Crippen molar-refractivity contribution in [2.45, 2.75) is 32.2 Å². The molecule has 0 radical (unpaired) electrons. The van der Waals surface area contributed by atoms with Gasteiger partial charge in [-0.25, -0.2) is 0 Å². The van der Waals surface area contributed by atoms with Crippen LogP contribution in [0.2, 0.25) is 0 Å². The fraction of sp³-hybridized carbons (Fsp3) is 0.500. The van der Waals surface area contributed by atoms with E-state index in [-0.39, 0.29) is 5.91 Å². The maximum atomic E-state index is 12.0. The second-order valence-corrected chi connectivity index (χ2v) is 5.02. The summed E-state index contributed by atoms with van der Waals surface area (Å²) in [4.78, 5) is 12.0. The Hall–Kier alpha value is -1.51. The predicted octanol–water partition coefficient (Wildman–Crippen LogP) is 2.15. The lowest BCUT2D eigenvalue weighted by Crippen LogP contribution is -2.33. The molecule has 1 heterocycles. The van der Waals surface area contributed by atoms with E-state index in [0.717, 1.165) is 29.9 Å². The van der Waals surface area contributed by atoms with Gasteiger partial charge in [0.05, 0.1) is 6.61 Å². The average Bonchev–Trinajstić information content (AvgIpc) is 3.07. The van der Waals surface area contributed by atoms with Crippen LogP contribution < -0.4 is 10.1 Å². The van der Waals surface area contributed by atoms with Crippen molar-refractivity contribution >= 4 is 5.91 Å². The van der Waals surface area contributed by atoms with E-state index in [4.69, 9.17) is 4.74 Å². The molecule has 0 bridgehead atoms. The molecule has 90 valence electrons. The molecule has 1 aliphatic carbocycles. The lowest BCUT2D eigenvalue weighted by molar-refractivity contribution is 0.0936. The first-order valence-corrected chi connectivity index (χ1v) is 6.30. The quantitative estimate of drug-likeness (QED) is 0.865. The molecular weight excluding hydrogens is 214 g/mol. The Labute approximate surface area is 101 Å². The van der Waals surface area contributed by atoms with Crippen molar-refractivity contribution in [2.75, 3.05) is 6.61 Å². The number of amides is 1. The van der Waals surface area contributed by atoms with Gasteiger partial charge in [-0.05, 0) is 49.4 Å². The van der Waals surface area contributed by atoms with Crippen LogP contribution in [0.1, 0.15) is 35.7 Å². The molecule has 2 aliphatic rings. The van der Waals surface area contributed by atoms with Crippen LogP contribution in [0.5, 0.6) is 5.75 Å². The van der Waals surface area contributed by atoms with Crippen LogP contribution in [-0.2, 0) is 6.42 Å². The Morgan fingerprint density at radius 1 is 1.47 bits per heavy atom. The first-order chi connectivity index (χ1) is 8.24. The van der Waals surface area contributed by atoms with Gasteiger partial charge >= 0.3 is 0 Å². The summed E-state index contributed by atoms with van der Waals surface area (Å²) < 4.78 is 5.43. The summed E-state index contributed by atoms with van der Waals surface area (Å²) in [6.45, 7) is 2.82. The maximum absolute atomic E-state index is 12.0. The van der Waals surface area contributed by atoms with Crippen LogP contribution >= 0.6 is 0 Å². The van der Waals surface area contributed by atoms with Crippen LogP contribution in [0.4, 0.5) is 0 Å². The molecule has 0 saturated heterocycles. The molecule has 0 unspecified atom stereocenters. The lowest BCUT2D eigenvalue weighted by Gasteiger charge is -2.13. The molecule has 3 nitrogen and oxygen atoms in total. The van der Waals surface area contributed by atoms with Gasteiger partial charge in [0.25, 0.3) is 5.91 Å². The zero-order valence-corrected chi connectivity index (χ0v) is 10.0. The smallest absolute Gasteiger partial charge is 0.251 e. The highest BCUT2D eigenvalue weighted by atomic mass is 16.5. The number of benzene rings is 1. The zero-order valence-electron chi connectivity index (χ0n) is 10.0. The van der Waals surface area contributed by atoms with Crippen LogP contribution in [0.15, 0.2) is 18.2 Å². The summed E-state index contributed by atoms with van der Waals surface area (Å²) >= 11 is 0. The standard InChI is InChI=1S/C14H17NO2/c1-9(10-2-3-10)15-14(16)12-4-5-13-11(8-12)6-7-17-13/h4-5,8-10H,2-3,6-7H2,1H3,(H,15,16)/t9-/m1/s1. The van der Waals surface area contributed by atoms with E-state index in [2.05, 4.69) is 12.2 Å². The predicted molar refractivity (Wildman–Crippen MR) is 65.3 cm³/mol. The topological polar surface area (TPSA) is 38.3 Å². The van der Waals surface area contributed by atoms with Crippen LogP contribution in [0, 0.1) is 5.92 Å². The maximum Gasteiger partial charge on any atom is 0.251 e. The Bertz CT molecular complexity index is 452. The van der Waals surface area contributed by atoms with E-state index in [1.54, 1.807) is 0 Å². The van der Waals surface area contributed by atoms with Gasteiger partial charge < -0.3 is 10.1 Å². The molecule has 1 N–H and O–H groups in total. The van der Waals surface area contributed by atoms with E-state index in [1.165, 1.54) is 12.8 Å². The number of rotatable bonds is 3. The van der Waals surface area contributed by atoms with Crippen molar-refractivity contribution in [3.8, 4) is 5.75 Å². The summed E-state index contributed by atoms with van der Waals surface area (Å²) in [6.07, 6.45) is 3.41. The number of ether oxygens (including phenoxy) is 1. The summed E-state index contributed by atoms with van der Waals surface area (Å²) in [6, 6.07) is 6.00. The van der Waals surface area contributed by atoms with E-state index in [1.807, 2.05) is 18.2 Å². The molecule has 3 heteroatoms. The largest absolute Gasteiger partial charge is 0.493 e. The third-order valence-electron chi connectivity index (χ3n) is 3.64. The minimum absolute atomic E-state index is 0.0408. The van der Waals surface area contributed by atoms with Gasteiger partial charge in [0, 0.05) is 18.0 Å². The molecule has 1 amide bonds. The molecule has 1 aliphatic heterocycles. The summed E-state index contributed by atoms with van der Waals surface area (Å²) in [7, 11) is 0. The van der Waals surface area contributed by atoms with E-state index in [0.29, 0.717) is 12.0 Å². The number of nitrogens with one attached hydrogen (secondary N) is 1. The van der Waals surface area contributed by atoms with E-state index >= 15 is 0 Å². The van der Waals surface area contributed by atoms with Gasteiger partial charge in [-0.3, -0.25) is 4.79 Å². The van der Waals surface area contributed by atoms with Crippen molar-refractivity contribution < 1.29 is 9.53 Å². The van der Waals surface area contributed by atoms with Crippen molar-refractivity contribution in [3.05, 3.63) is 29.3 Å². The van der Waals surface area contributed by atoms with Crippen molar-refractivity contribution in [2.24, 2.45) is 5.92 Å². The summed E-state index contributed by atoms with van der Waals surface area (Å²) in [5, 5.41) is 3.07. The van der Waals surface area contributed by atoms with Gasteiger partial charge in [-0.15, -0.1) is 0 Å². The Kier molecular flexibility index (Phi) is 2.54. The number of fused-ring (bicyclic) bond motifs is 1. The highest BCUT2D eigenvalue weighted by Gasteiger charge is 2.29. The van der Waals surface area contributed by atoms with E-state index < -0.39 is 0 Å². The van der Waals surface area contributed by atoms with Gasteiger partial charge in [-0.1, -0.05) is 0 Å². The Morgan fingerprint density at radius 2 is 2.29 bits per heavy atom. The molecule has 17 heavy (non-hydrogen) atoms. The van der Waals surface area contributed by atoms with Crippen LogP contribution in [-0.4, -0.2) is 18.6 Å². The highest BCUT2D eigenvalue weighted by molar-refractivity contribution is 5.94. The Balaban J connectivity index is 1.72. The monoisotopic (exact) mass is 231 g/mol. The molecule has 1 atom stereocenters. The number of carbonyl (C=O) groups excluding carboxylic acids is 1. The molecule has 1 saturated carbocycles. The minimum atomic E-state index is 0.0408. The van der Waals surface area contributed by atoms with Crippen molar-refractivity contribution in [1.29, 1.82) is 0 Å². The number of carbonyl (C=O) groups is 1. The Morgan fingerprint density at radius 3 is 3.06 bits per heavy atom. The normalized spacial score (nSPS) is 19.4. The molecule has 3 rings (SSSR count). The number of hydrogen-bond acceptors (Lipinski definition) is 2. The summed E-state index contributed by atoms with van der Waals surface area (Å²) in [5.74, 6) is 1.66. The average molecular weight is 231 g/mol. The number of hydrogen-bond donors (Lipinski definition) is 1. The third kappa shape index (κ3) is 2.14. The van der Waals surface area contributed by atoms with Crippen LogP contribution in [0.25, 0.3) is 0 Å². The molecule has 0 aromatic heterocycles. The lowest BCUT2D eigenvalue weighted by atomic mass is 10.1. The van der Waals surface area contributed by atoms with Crippen LogP contribution in [0.3, 0.4) is 0 Å². The zero-order chi connectivity index (χ0) is 11.8. The molecule has 1 fully saturated rings. The molecular formula is C14H17NO2. The van der Waals surface area contributed by atoms with Gasteiger partial charge in [0.1, 0.15) is 5.75 Å².